The zero-order valence-electron chi connectivity index (χ0n) is 6.89. The molecule has 0 spiro atoms. The minimum Gasteiger partial charge on any atom is -0.463 e. The highest BCUT2D eigenvalue weighted by Crippen LogP contribution is 1.99. The topological polar surface area (TPSA) is 26.3 Å². The van der Waals surface area contributed by atoms with Crippen molar-refractivity contribution in [3.05, 3.63) is 11.6 Å². The molecular formula is C8H13ClO2. The summed E-state index contributed by atoms with van der Waals surface area (Å²) < 4.78 is 4.75. The van der Waals surface area contributed by atoms with Crippen LogP contribution in [0, 0.1) is 0 Å². The van der Waals surface area contributed by atoms with E-state index in [1.807, 2.05) is 0 Å². The SMILES string of the molecule is CCOC(=O)/C(C)=C/CCCl. The zero-order chi connectivity index (χ0) is 8.69. The van der Waals surface area contributed by atoms with Crippen molar-refractivity contribution >= 4 is 17.6 Å². The third-order valence-electron chi connectivity index (χ3n) is 1.16. The van der Waals surface area contributed by atoms with E-state index in [9.17, 15) is 4.79 Å². The predicted octanol–water partition coefficient (Wildman–Crippen LogP) is 2.12. The quantitative estimate of drug-likeness (QED) is 0.373. The molecule has 0 amide bonds. The number of carbonyl (C=O) groups is 1. The van der Waals surface area contributed by atoms with Gasteiger partial charge < -0.3 is 4.74 Å². The lowest BCUT2D eigenvalue weighted by molar-refractivity contribution is -0.138. The van der Waals surface area contributed by atoms with E-state index in [0.717, 1.165) is 0 Å². The van der Waals surface area contributed by atoms with Crippen LogP contribution in [0.2, 0.25) is 0 Å². The van der Waals surface area contributed by atoms with Crippen LogP contribution in [0.4, 0.5) is 0 Å². The largest absolute Gasteiger partial charge is 0.463 e. The van der Waals surface area contributed by atoms with Crippen molar-refractivity contribution in [1.82, 2.24) is 0 Å². The van der Waals surface area contributed by atoms with Crippen LogP contribution in [-0.2, 0) is 9.53 Å². The van der Waals surface area contributed by atoms with Gasteiger partial charge in [0.15, 0.2) is 0 Å². The Morgan fingerprint density at radius 1 is 1.64 bits per heavy atom. The number of alkyl halides is 1. The molecule has 0 aromatic carbocycles. The number of rotatable bonds is 4. The minimum atomic E-state index is -0.252. The molecule has 0 fully saturated rings. The standard InChI is InChI=1S/C8H13ClO2/c1-3-11-8(10)7(2)5-4-6-9/h5H,3-4,6H2,1-2H3/b7-5+. The van der Waals surface area contributed by atoms with Crippen LogP contribution in [0.3, 0.4) is 0 Å². The Morgan fingerprint density at radius 3 is 2.73 bits per heavy atom. The Hall–Kier alpha value is -0.500. The van der Waals surface area contributed by atoms with E-state index in [4.69, 9.17) is 16.3 Å². The molecule has 0 atom stereocenters. The number of hydrogen-bond donors (Lipinski definition) is 0. The summed E-state index contributed by atoms with van der Waals surface area (Å²) in [6, 6.07) is 0. The van der Waals surface area contributed by atoms with Crippen LogP contribution in [0.25, 0.3) is 0 Å². The van der Waals surface area contributed by atoms with Crippen LogP contribution in [0.5, 0.6) is 0 Å². The molecule has 0 aliphatic rings. The average Bonchev–Trinajstić information content (AvgIpc) is 2.00. The Bertz CT molecular complexity index is 152. The molecular weight excluding hydrogens is 164 g/mol. The van der Waals surface area contributed by atoms with Crippen LogP contribution < -0.4 is 0 Å². The molecule has 0 saturated heterocycles. The Labute approximate surface area is 72.2 Å². The van der Waals surface area contributed by atoms with Gasteiger partial charge in [0, 0.05) is 11.5 Å². The molecule has 0 N–H and O–H groups in total. The molecule has 0 aliphatic carbocycles. The first-order chi connectivity index (χ1) is 5.22. The van der Waals surface area contributed by atoms with Crippen molar-refractivity contribution in [3.63, 3.8) is 0 Å². The van der Waals surface area contributed by atoms with Gasteiger partial charge in [-0.15, -0.1) is 11.6 Å². The number of hydrogen-bond acceptors (Lipinski definition) is 2. The van der Waals surface area contributed by atoms with E-state index in [2.05, 4.69) is 0 Å². The molecule has 0 saturated carbocycles. The molecule has 11 heavy (non-hydrogen) atoms. The predicted molar refractivity (Wildman–Crippen MR) is 45.7 cm³/mol. The fraction of sp³-hybridized carbons (Fsp3) is 0.625. The van der Waals surface area contributed by atoms with Crippen LogP contribution in [0.15, 0.2) is 11.6 Å². The second-order valence-electron chi connectivity index (χ2n) is 2.09. The molecule has 0 aliphatic heterocycles. The smallest absolute Gasteiger partial charge is 0.333 e. The summed E-state index contributed by atoms with van der Waals surface area (Å²) in [4.78, 5) is 10.9. The molecule has 0 radical (unpaired) electrons. The van der Waals surface area contributed by atoms with Crippen molar-refractivity contribution < 1.29 is 9.53 Å². The molecule has 0 rings (SSSR count). The van der Waals surface area contributed by atoms with Crippen LogP contribution in [0.1, 0.15) is 20.3 Å². The summed E-state index contributed by atoms with van der Waals surface area (Å²) in [5.74, 6) is 0.286. The van der Waals surface area contributed by atoms with Gasteiger partial charge in [-0.1, -0.05) is 6.08 Å². The fourth-order valence-corrected chi connectivity index (χ4v) is 0.708. The summed E-state index contributed by atoms with van der Waals surface area (Å²) in [6.07, 6.45) is 2.50. The van der Waals surface area contributed by atoms with Gasteiger partial charge in [0.1, 0.15) is 0 Å². The molecule has 0 bridgehead atoms. The van der Waals surface area contributed by atoms with Gasteiger partial charge in [0.25, 0.3) is 0 Å². The number of allylic oxidation sites excluding steroid dienone is 1. The molecule has 0 aromatic rings. The number of halogens is 1. The highest BCUT2D eigenvalue weighted by atomic mass is 35.5. The van der Waals surface area contributed by atoms with Gasteiger partial charge in [-0.3, -0.25) is 0 Å². The summed E-state index contributed by atoms with van der Waals surface area (Å²) in [5, 5.41) is 0. The van der Waals surface area contributed by atoms with Crippen molar-refractivity contribution in [1.29, 1.82) is 0 Å². The lowest BCUT2D eigenvalue weighted by atomic mass is 10.2. The second-order valence-corrected chi connectivity index (χ2v) is 2.46. The van der Waals surface area contributed by atoms with E-state index in [1.165, 1.54) is 0 Å². The summed E-state index contributed by atoms with van der Waals surface area (Å²) in [6.45, 7) is 3.93. The van der Waals surface area contributed by atoms with Crippen molar-refractivity contribution in [3.8, 4) is 0 Å². The Morgan fingerprint density at radius 2 is 2.27 bits per heavy atom. The maximum atomic E-state index is 10.9. The van der Waals surface area contributed by atoms with Crippen molar-refractivity contribution in [2.45, 2.75) is 20.3 Å². The fourth-order valence-electron chi connectivity index (χ4n) is 0.599. The van der Waals surface area contributed by atoms with Gasteiger partial charge in [0.2, 0.25) is 0 Å². The summed E-state index contributed by atoms with van der Waals surface area (Å²) in [5.41, 5.74) is 0.632. The minimum absolute atomic E-state index is 0.252. The van der Waals surface area contributed by atoms with E-state index < -0.39 is 0 Å². The first-order valence-electron chi connectivity index (χ1n) is 3.62. The number of carbonyl (C=O) groups excluding carboxylic acids is 1. The average molecular weight is 177 g/mol. The van der Waals surface area contributed by atoms with E-state index in [0.29, 0.717) is 24.5 Å². The zero-order valence-corrected chi connectivity index (χ0v) is 7.65. The normalized spacial score (nSPS) is 11.4. The van der Waals surface area contributed by atoms with Gasteiger partial charge in [-0.2, -0.15) is 0 Å². The maximum absolute atomic E-state index is 10.9. The molecule has 0 heterocycles. The van der Waals surface area contributed by atoms with Gasteiger partial charge in [-0.25, -0.2) is 4.79 Å². The summed E-state index contributed by atoms with van der Waals surface area (Å²) >= 11 is 5.43. The first-order valence-corrected chi connectivity index (χ1v) is 4.15. The van der Waals surface area contributed by atoms with E-state index in [-0.39, 0.29) is 5.97 Å². The van der Waals surface area contributed by atoms with E-state index >= 15 is 0 Å². The van der Waals surface area contributed by atoms with Crippen molar-refractivity contribution in [2.24, 2.45) is 0 Å². The Balaban J connectivity index is 3.80. The second kappa shape index (κ2) is 6.23. The van der Waals surface area contributed by atoms with Gasteiger partial charge in [0.05, 0.1) is 6.61 Å². The van der Waals surface area contributed by atoms with Crippen LogP contribution in [-0.4, -0.2) is 18.5 Å². The highest BCUT2D eigenvalue weighted by molar-refractivity contribution is 6.17. The third kappa shape index (κ3) is 4.85. The molecule has 0 unspecified atom stereocenters. The number of esters is 1. The number of ether oxygens (including phenoxy) is 1. The van der Waals surface area contributed by atoms with Crippen LogP contribution >= 0.6 is 11.6 Å². The molecule has 2 nitrogen and oxygen atoms in total. The third-order valence-corrected chi connectivity index (χ3v) is 1.38. The van der Waals surface area contributed by atoms with E-state index in [1.54, 1.807) is 19.9 Å². The maximum Gasteiger partial charge on any atom is 0.333 e. The Kier molecular flexibility index (Phi) is 5.94. The lowest BCUT2D eigenvalue weighted by Gasteiger charge is -1.99. The van der Waals surface area contributed by atoms with Gasteiger partial charge in [-0.05, 0) is 20.3 Å². The van der Waals surface area contributed by atoms with Crippen molar-refractivity contribution in [2.75, 3.05) is 12.5 Å². The molecule has 0 aromatic heterocycles. The summed E-state index contributed by atoms with van der Waals surface area (Å²) in [7, 11) is 0. The highest BCUT2D eigenvalue weighted by Gasteiger charge is 2.02. The first kappa shape index (κ1) is 10.5. The molecule has 64 valence electrons. The lowest BCUT2D eigenvalue weighted by Crippen LogP contribution is -2.04. The molecule has 3 heteroatoms. The van der Waals surface area contributed by atoms with Gasteiger partial charge >= 0.3 is 5.97 Å². The monoisotopic (exact) mass is 176 g/mol.